The van der Waals surface area contributed by atoms with Crippen LogP contribution in [0.5, 0.6) is 17.2 Å². The number of carbonyl (C=O) groups excluding carboxylic acids is 1. The highest BCUT2D eigenvalue weighted by molar-refractivity contribution is 9.10. The van der Waals surface area contributed by atoms with Gasteiger partial charge < -0.3 is 14.2 Å². The van der Waals surface area contributed by atoms with Gasteiger partial charge in [-0.3, -0.25) is 14.7 Å². The summed E-state index contributed by atoms with van der Waals surface area (Å²) in [6.45, 7) is 0. The van der Waals surface area contributed by atoms with E-state index < -0.39 is 5.66 Å². The van der Waals surface area contributed by atoms with Crippen LogP contribution in [-0.4, -0.2) is 48.5 Å². The van der Waals surface area contributed by atoms with Crippen LogP contribution >= 0.6 is 28.1 Å². The summed E-state index contributed by atoms with van der Waals surface area (Å²) in [4.78, 5) is 21.1. The van der Waals surface area contributed by atoms with Gasteiger partial charge in [0.05, 0.1) is 21.3 Å². The lowest BCUT2D eigenvalue weighted by molar-refractivity contribution is 0.0647. The third-order valence-electron chi connectivity index (χ3n) is 6.03. The van der Waals surface area contributed by atoms with E-state index in [1.54, 1.807) is 17.0 Å². The van der Waals surface area contributed by atoms with Crippen LogP contribution in [0.25, 0.3) is 0 Å². The molecule has 0 saturated heterocycles. The largest absolute Gasteiger partial charge is 0.493 e. The zero-order valence-electron chi connectivity index (χ0n) is 18.3. The summed E-state index contributed by atoms with van der Waals surface area (Å²) < 4.78 is 17.3. The fourth-order valence-electron chi connectivity index (χ4n) is 4.46. The minimum atomic E-state index is -0.658. The van der Waals surface area contributed by atoms with Crippen molar-refractivity contribution in [2.75, 3.05) is 21.3 Å². The lowest BCUT2D eigenvalue weighted by Crippen LogP contribution is -2.50. The van der Waals surface area contributed by atoms with Crippen molar-refractivity contribution in [2.24, 2.45) is 4.99 Å². The maximum Gasteiger partial charge on any atom is 0.261 e. The van der Waals surface area contributed by atoms with Gasteiger partial charge in [0.25, 0.3) is 5.91 Å². The molecular weight excluding hydrogens is 492 g/mol. The maximum atomic E-state index is 13.9. The van der Waals surface area contributed by atoms with Crippen molar-refractivity contribution in [1.82, 2.24) is 4.90 Å². The first-order valence-corrected chi connectivity index (χ1v) is 11.7. The summed E-state index contributed by atoms with van der Waals surface area (Å²) in [6, 6.07) is 11.2. The maximum absolute atomic E-state index is 13.9. The Bertz CT molecular complexity index is 1050. The summed E-state index contributed by atoms with van der Waals surface area (Å²) in [5, 5.41) is 0. The predicted octanol–water partition coefficient (Wildman–Crippen LogP) is 5.41. The molecule has 32 heavy (non-hydrogen) atoms. The van der Waals surface area contributed by atoms with Crippen molar-refractivity contribution in [3.8, 4) is 17.2 Å². The van der Waals surface area contributed by atoms with Crippen molar-refractivity contribution in [2.45, 2.75) is 37.8 Å². The van der Waals surface area contributed by atoms with Gasteiger partial charge in [-0.05, 0) is 49.9 Å². The second-order valence-corrected chi connectivity index (χ2v) is 9.17. The Morgan fingerprint density at radius 1 is 1.00 bits per heavy atom. The van der Waals surface area contributed by atoms with Crippen molar-refractivity contribution in [3.05, 3.63) is 52.0 Å². The Morgan fingerprint density at radius 3 is 2.12 bits per heavy atom. The molecule has 2 aromatic carbocycles. The number of hydrogen-bond acceptors (Lipinski definition) is 6. The van der Waals surface area contributed by atoms with Crippen LogP contribution in [-0.2, 0) is 0 Å². The Kier molecular flexibility index (Phi) is 6.53. The van der Waals surface area contributed by atoms with E-state index >= 15 is 0 Å². The quantitative estimate of drug-likeness (QED) is 0.497. The van der Waals surface area contributed by atoms with Gasteiger partial charge in [-0.15, -0.1) is 0 Å². The number of hydrogen-bond donors (Lipinski definition) is 0. The fraction of sp³-hybridized carbons (Fsp3) is 0.375. The van der Waals surface area contributed by atoms with Crippen LogP contribution in [0, 0.1) is 0 Å². The Balaban J connectivity index is 1.79. The van der Waals surface area contributed by atoms with Crippen LogP contribution in [0.1, 0.15) is 48.0 Å². The minimum absolute atomic E-state index is 0.216. The number of rotatable bonds is 5. The summed E-state index contributed by atoms with van der Waals surface area (Å²) in [6.07, 6.45) is 4.69. The Hall–Kier alpha value is -2.45. The summed E-state index contributed by atoms with van der Waals surface area (Å²) in [7, 11) is 4.60. The number of ether oxygens (including phenoxy) is 3. The van der Waals surface area contributed by atoms with E-state index in [9.17, 15) is 4.79 Å². The van der Waals surface area contributed by atoms with Crippen LogP contribution in [0.4, 0.5) is 0 Å². The molecule has 2 aromatic rings. The number of aliphatic imine (C=N–C) groups is 1. The third-order valence-corrected chi connectivity index (χ3v) is 6.93. The molecule has 8 heteroatoms. The fourth-order valence-corrected chi connectivity index (χ4v) is 5.15. The van der Waals surface area contributed by atoms with E-state index in [-0.39, 0.29) is 5.91 Å². The molecule has 4 rings (SSSR count). The number of carbonyl (C=O) groups is 1. The number of methoxy groups -OCH3 is 3. The molecule has 6 nitrogen and oxygen atoms in total. The molecule has 1 heterocycles. The first-order chi connectivity index (χ1) is 15.4. The van der Waals surface area contributed by atoms with Gasteiger partial charge in [-0.2, -0.15) is 0 Å². The number of nitrogens with zero attached hydrogens (tertiary/aromatic N) is 2. The average molecular weight is 517 g/mol. The van der Waals surface area contributed by atoms with Gasteiger partial charge in [0.1, 0.15) is 16.4 Å². The summed E-state index contributed by atoms with van der Waals surface area (Å²) >= 11 is 9.33. The van der Waals surface area contributed by atoms with Crippen molar-refractivity contribution >= 4 is 44.8 Å². The average Bonchev–Trinajstić information content (AvgIpc) is 3.09. The van der Waals surface area contributed by atoms with E-state index in [1.165, 1.54) is 21.3 Å². The van der Waals surface area contributed by atoms with E-state index in [1.807, 2.05) is 24.3 Å². The van der Waals surface area contributed by atoms with Gasteiger partial charge in [0.15, 0.2) is 11.5 Å². The standard InChI is InChI=1S/C24H25BrN2O4S/c1-29-18-13-16(14-19(30-2)21(18)31-3)22(28)27-23(32)20(15-7-9-17(25)10-8-15)26-24(27)11-5-4-6-12-24/h7-10,13-14H,4-6,11-12H2,1-3H3. The summed E-state index contributed by atoms with van der Waals surface area (Å²) in [5.41, 5.74) is 1.35. The molecule has 0 unspecified atom stereocenters. The van der Waals surface area contributed by atoms with Gasteiger partial charge >= 0.3 is 0 Å². The second-order valence-electron chi connectivity index (χ2n) is 7.87. The van der Waals surface area contributed by atoms with E-state index in [0.717, 1.165) is 42.1 Å². The van der Waals surface area contributed by atoms with E-state index in [2.05, 4.69) is 15.9 Å². The lowest BCUT2D eigenvalue weighted by atomic mass is 9.88. The lowest BCUT2D eigenvalue weighted by Gasteiger charge is -2.39. The molecule has 1 aliphatic carbocycles. The number of thiocarbonyl (C=S) groups is 1. The zero-order valence-corrected chi connectivity index (χ0v) is 20.7. The molecule has 168 valence electrons. The predicted molar refractivity (Wildman–Crippen MR) is 131 cm³/mol. The molecule has 1 saturated carbocycles. The molecule has 0 aromatic heterocycles. The van der Waals surface area contributed by atoms with E-state index in [4.69, 9.17) is 31.4 Å². The normalized spacial score (nSPS) is 17.3. The molecule has 0 radical (unpaired) electrons. The second kappa shape index (κ2) is 9.19. The third kappa shape index (κ3) is 3.90. The van der Waals surface area contributed by atoms with Gasteiger partial charge in [-0.1, -0.05) is 46.7 Å². The SMILES string of the molecule is COc1cc(C(=O)N2C(=S)C(c3ccc(Br)cc3)=NC23CCCCC3)cc(OC)c1OC. The molecule has 2 aliphatic rings. The number of amides is 1. The highest BCUT2D eigenvalue weighted by Gasteiger charge is 2.49. The smallest absolute Gasteiger partial charge is 0.261 e. The number of benzene rings is 2. The highest BCUT2D eigenvalue weighted by atomic mass is 79.9. The topological polar surface area (TPSA) is 60.4 Å². The molecule has 1 fully saturated rings. The molecule has 1 amide bonds. The monoisotopic (exact) mass is 516 g/mol. The number of halogens is 1. The highest BCUT2D eigenvalue weighted by Crippen LogP contribution is 2.43. The van der Waals surface area contributed by atoms with Gasteiger partial charge in [-0.25, -0.2) is 0 Å². The molecule has 1 spiro atoms. The van der Waals surface area contributed by atoms with Crippen LogP contribution < -0.4 is 14.2 Å². The van der Waals surface area contributed by atoms with E-state index in [0.29, 0.717) is 33.5 Å². The van der Waals surface area contributed by atoms with Gasteiger partial charge in [0, 0.05) is 15.6 Å². The molecule has 0 atom stereocenters. The minimum Gasteiger partial charge on any atom is -0.493 e. The van der Waals surface area contributed by atoms with Crippen LogP contribution in [0.2, 0.25) is 0 Å². The molecule has 0 N–H and O–H groups in total. The Morgan fingerprint density at radius 2 is 1.59 bits per heavy atom. The zero-order chi connectivity index (χ0) is 22.9. The summed E-state index contributed by atoms with van der Waals surface area (Å²) in [5.74, 6) is 1.07. The molecule has 0 bridgehead atoms. The van der Waals surface area contributed by atoms with Crippen molar-refractivity contribution in [3.63, 3.8) is 0 Å². The first-order valence-electron chi connectivity index (χ1n) is 10.5. The van der Waals surface area contributed by atoms with Crippen LogP contribution in [0.15, 0.2) is 45.9 Å². The molecule has 1 aliphatic heterocycles. The van der Waals surface area contributed by atoms with Crippen LogP contribution in [0.3, 0.4) is 0 Å². The first kappa shape index (κ1) is 22.7. The van der Waals surface area contributed by atoms with Crippen molar-refractivity contribution in [1.29, 1.82) is 0 Å². The van der Waals surface area contributed by atoms with Gasteiger partial charge in [0.2, 0.25) is 5.75 Å². The Labute approximate surface area is 201 Å². The molecular formula is C24H25BrN2O4S. The van der Waals surface area contributed by atoms with Crippen molar-refractivity contribution < 1.29 is 19.0 Å².